The van der Waals surface area contributed by atoms with Crippen molar-refractivity contribution in [3.63, 3.8) is 0 Å². The Hall–Kier alpha value is -2.38. The van der Waals surface area contributed by atoms with Gasteiger partial charge >= 0.3 is 11.8 Å². The van der Waals surface area contributed by atoms with E-state index in [2.05, 4.69) is 10.4 Å². The van der Waals surface area contributed by atoms with Crippen LogP contribution in [-0.2, 0) is 0 Å². The molecule has 0 saturated carbocycles. The lowest BCUT2D eigenvalue weighted by atomic mass is 10.4. The van der Waals surface area contributed by atoms with Crippen LogP contribution >= 0.6 is 0 Å². The SMILES string of the molecule is NC(=O)NNc1cccnc1[N+](=O)[O-]. The second kappa shape index (κ2) is 4.03. The van der Waals surface area contributed by atoms with Crippen LogP contribution in [0, 0.1) is 10.1 Å². The number of nitrogens with zero attached hydrogens (tertiary/aromatic N) is 2. The van der Waals surface area contributed by atoms with E-state index >= 15 is 0 Å². The van der Waals surface area contributed by atoms with Gasteiger partial charge < -0.3 is 15.8 Å². The molecule has 8 heteroatoms. The number of hydrogen-bond acceptors (Lipinski definition) is 5. The molecule has 0 unspecified atom stereocenters. The number of carbonyl (C=O) groups excluding carboxylic acids is 1. The average Bonchev–Trinajstić information content (AvgIpc) is 2.15. The molecule has 0 atom stereocenters. The van der Waals surface area contributed by atoms with E-state index in [0.717, 1.165) is 0 Å². The van der Waals surface area contributed by atoms with Gasteiger partial charge in [0.2, 0.25) is 0 Å². The maximum atomic E-state index is 10.4. The van der Waals surface area contributed by atoms with Crippen LogP contribution < -0.4 is 16.6 Å². The minimum Gasteiger partial charge on any atom is -0.358 e. The molecular weight excluding hydrogens is 190 g/mol. The highest BCUT2D eigenvalue weighted by atomic mass is 16.6. The van der Waals surface area contributed by atoms with Crippen molar-refractivity contribution in [2.75, 3.05) is 5.43 Å². The molecule has 0 aliphatic carbocycles. The third-order valence-electron chi connectivity index (χ3n) is 1.28. The van der Waals surface area contributed by atoms with Crippen LogP contribution in [0.3, 0.4) is 0 Å². The van der Waals surface area contributed by atoms with E-state index in [0.29, 0.717) is 0 Å². The predicted octanol–water partition coefficient (Wildman–Crippen LogP) is -0.0150. The number of anilines is 1. The molecule has 0 aliphatic rings. The van der Waals surface area contributed by atoms with Crippen molar-refractivity contribution < 1.29 is 9.72 Å². The zero-order valence-electron chi connectivity index (χ0n) is 6.93. The number of hydrogen-bond donors (Lipinski definition) is 3. The zero-order chi connectivity index (χ0) is 10.6. The Morgan fingerprint density at radius 2 is 2.36 bits per heavy atom. The van der Waals surface area contributed by atoms with Crippen LogP contribution in [0.5, 0.6) is 0 Å². The van der Waals surface area contributed by atoms with Crippen LogP contribution in [0.25, 0.3) is 0 Å². The summed E-state index contributed by atoms with van der Waals surface area (Å²) in [6.07, 6.45) is 1.27. The summed E-state index contributed by atoms with van der Waals surface area (Å²) >= 11 is 0. The molecular formula is C6H7N5O3. The van der Waals surface area contributed by atoms with Crippen molar-refractivity contribution in [3.8, 4) is 0 Å². The molecule has 8 nitrogen and oxygen atoms in total. The fraction of sp³-hybridized carbons (Fsp3) is 0. The van der Waals surface area contributed by atoms with Crippen molar-refractivity contribution >= 4 is 17.5 Å². The zero-order valence-corrected chi connectivity index (χ0v) is 6.93. The molecule has 1 heterocycles. The van der Waals surface area contributed by atoms with Gasteiger partial charge in [0.1, 0.15) is 6.20 Å². The van der Waals surface area contributed by atoms with Gasteiger partial charge in [0, 0.05) is 0 Å². The highest BCUT2D eigenvalue weighted by molar-refractivity contribution is 5.74. The molecule has 0 radical (unpaired) electrons. The predicted molar refractivity (Wildman–Crippen MR) is 47.2 cm³/mol. The number of amides is 2. The van der Waals surface area contributed by atoms with Gasteiger partial charge in [-0.2, -0.15) is 0 Å². The van der Waals surface area contributed by atoms with Crippen LogP contribution in [0.2, 0.25) is 0 Å². The number of urea groups is 1. The second-order valence-electron chi connectivity index (χ2n) is 2.25. The molecule has 0 saturated heterocycles. The first-order chi connectivity index (χ1) is 6.61. The van der Waals surface area contributed by atoms with E-state index < -0.39 is 11.0 Å². The van der Waals surface area contributed by atoms with E-state index in [1.807, 2.05) is 5.43 Å². The van der Waals surface area contributed by atoms with Gasteiger partial charge in [-0.15, -0.1) is 0 Å². The molecule has 4 N–H and O–H groups in total. The summed E-state index contributed by atoms with van der Waals surface area (Å²) in [6.45, 7) is 0. The first-order valence-electron chi connectivity index (χ1n) is 3.52. The van der Waals surface area contributed by atoms with Gasteiger partial charge in [-0.05, 0) is 22.0 Å². The largest absolute Gasteiger partial charge is 0.388 e. The maximum absolute atomic E-state index is 10.4. The van der Waals surface area contributed by atoms with Crippen molar-refractivity contribution in [3.05, 3.63) is 28.4 Å². The minimum absolute atomic E-state index is 0.0660. The summed E-state index contributed by atoms with van der Waals surface area (Å²) < 4.78 is 0. The van der Waals surface area contributed by atoms with Crippen LogP contribution in [-0.4, -0.2) is 15.9 Å². The normalized spacial score (nSPS) is 9.14. The summed E-state index contributed by atoms with van der Waals surface area (Å²) in [5, 5.41) is 10.4. The molecule has 0 spiro atoms. The minimum atomic E-state index is -0.844. The molecule has 0 aromatic carbocycles. The fourth-order valence-corrected chi connectivity index (χ4v) is 0.769. The van der Waals surface area contributed by atoms with Crippen molar-refractivity contribution in [2.24, 2.45) is 5.73 Å². The highest BCUT2D eigenvalue weighted by Crippen LogP contribution is 2.18. The number of rotatable bonds is 3. The Morgan fingerprint density at radius 3 is 2.93 bits per heavy atom. The topological polar surface area (TPSA) is 123 Å². The molecule has 1 aromatic heterocycles. The number of nitrogens with one attached hydrogen (secondary N) is 2. The van der Waals surface area contributed by atoms with Gasteiger partial charge in [0.25, 0.3) is 0 Å². The first-order valence-corrected chi connectivity index (χ1v) is 3.52. The standard InChI is InChI=1S/C6H7N5O3/c7-6(12)10-9-4-2-1-3-8-5(4)11(13)14/h1-3,9H,(H3,7,10,12). The van der Waals surface area contributed by atoms with Crippen LogP contribution in [0.4, 0.5) is 16.3 Å². The lowest BCUT2D eigenvalue weighted by Gasteiger charge is -2.04. The lowest BCUT2D eigenvalue weighted by molar-refractivity contribution is -0.388. The van der Waals surface area contributed by atoms with Gasteiger partial charge in [-0.1, -0.05) is 0 Å². The molecule has 1 rings (SSSR count). The van der Waals surface area contributed by atoms with Crippen LogP contribution in [0.1, 0.15) is 0 Å². The van der Waals surface area contributed by atoms with Gasteiger partial charge in [0.15, 0.2) is 5.69 Å². The summed E-state index contributed by atoms with van der Waals surface area (Å²) in [6, 6.07) is 2.03. The van der Waals surface area contributed by atoms with E-state index in [1.54, 1.807) is 0 Å². The summed E-state index contributed by atoms with van der Waals surface area (Å²) in [4.78, 5) is 23.6. The number of nitro groups is 1. The Bertz CT molecular complexity index is 366. The monoisotopic (exact) mass is 197 g/mol. The van der Waals surface area contributed by atoms with Crippen molar-refractivity contribution in [1.29, 1.82) is 0 Å². The number of carbonyl (C=O) groups is 1. The van der Waals surface area contributed by atoms with Crippen molar-refractivity contribution in [1.82, 2.24) is 10.4 Å². The van der Waals surface area contributed by atoms with E-state index in [1.165, 1.54) is 18.3 Å². The van der Waals surface area contributed by atoms with E-state index in [9.17, 15) is 14.9 Å². The van der Waals surface area contributed by atoms with Gasteiger partial charge in [-0.25, -0.2) is 4.79 Å². The number of aromatic nitrogens is 1. The molecule has 14 heavy (non-hydrogen) atoms. The van der Waals surface area contributed by atoms with Crippen molar-refractivity contribution in [2.45, 2.75) is 0 Å². The Balaban J connectivity index is 2.84. The third kappa shape index (κ3) is 2.30. The molecule has 0 fully saturated rings. The molecule has 2 amide bonds. The summed E-state index contributed by atoms with van der Waals surface area (Å²) in [7, 11) is 0. The molecule has 74 valence electrons. The first kappa shape index (κ1) is 9.71. The van der Waals surface area contributed by atoms with Gasteiger partial charge in [-0.3, -0.25) is 10.9 Å². The number of nitrogens with two attached hydrogens (primary N) is 1. The second-order valence-corrected chi connectivity index (χ2v) is 2.25. The summed E-state index contributed by atoms with van der Waals surface area (Å²) in [5.74, 6) is -0.388. The molecule has 1 aromatic rings. The Labute approximate surface area is 78.2 Å². The number of pyridine rings is 1. The third-order valence-corrected chi connectivity index (χ3v) is 1.28. The highest BCUT2D eigenvalue weighted by Gasteiger charge is 2.13. The van der Waals surface area contributed by atoms with Gasteiger partial charge in [0.05, 0.1) is 0 Å². The quantitative estimate of drug-likeness (QED) is 0.464. The smallest absolute Gasteiger partial charge is 0.358 e. The maximum Gasteiger partial charge on any atom is 0.388 e. The fourth-order valence-electron chi connectivity index (χ4n) is 0.769. The average molecular weight is 197 g/mol. The van der Waals surface area contributed by atoms with Crippen LogP contribution in [0.15, 0.2) is 18.3 Å². The molecule has 0 bridgehead atoms. The number of primary amides is 1. The lowest BCUT2D eigenvalue weighted by Crippen LogP contribution is -2.34. The Kier molecular flexibility index (Phi) is 2.79. The van der Waals surface area contributed by atoms with E-state index in [-0.39, 0.29) is 11.5 Å². The van der Waals surface area contributed by atoms with E-state index in [4.69, 9.17) is 5.73 Å². The Morgan fingerprint density at radius 1 is 1.64 bits per heavy atom. The number of hydrazine groups is 1. The molecule has 0 aliphatic heterocycles. The summed E-state index contributed by atoms with van der Waals surface area (Å²) in [5.41, 5.74) is 9.10.